The Morgan fingerprint density at radius 2 is 2.05 bits per heavy atom. The molecule has 0 unspecified atom stereocenters. The number of carboxylic acids is 1. The Kier molecular flexibility index (Phi) is 5.00. The van der Waals surface area contributed by atoms with Crippen LogP contribution in [-0.2, 0) is 14.3 Å². The van der Waals surface area contributed by atoms with Gasteiger partial charge in [0.05, 0.1) is 6.61 Å². The maximum atomic E-state index is 12.1. The Morgan fingerprint density at radius 1 is 1.27 bits per heavy atom. The lowest BCUT2D eigenvalue weighted by atomic mass is 10.1. The number of furan rings is 1. The van der Waals surface area contributed by atoms with Crippen LogP contribution >= 0.6 is 0 Å². The fourth-order valence-corrected chi connectivity index (χ4v) is 1.98. The molecule has 0 saturated carbocycles. The second-order valence-electron chi connectivity index (χ2n) is 4.50. The predicted octanol–water partition coefficient (Wildman–Crippen LogP) is 2.01. The van der Waals surface area contributed by atoms with Gasteiger partial charge in [-0.15, -0.1) is 0 Å². The second-order valence-corrected chi connectivity index (χ2v) is 4.50. The number of aryl methyl sites for hydroxylation is 1. The van der Waals surface area contributed by atoms with Crippen molar-refractivity contribution in [2.75, 3.05) is 26.9 Å². The maximum Gasteiger partial charge on any atom is 0.342 e. The summed E-state index contributed by atoms with van der Waals surface area (Å²) in [6.45, 7) is 1.63. The second kappa shape index (κ2) is 6.95. The van der Waals surface area contributed by atoms with Gasteiger partial charge in [-0.1, -0.05) is 0 Å². The van der Waals surface area contributed by atoms with Gasteiger partial charge in [0.15, 0.2) is 6.61 Å². The number of methoxy groups -OCH3 is 1. The lowest BCUT2D eigenvalue weighted by Crippen LogP contribution is -2.11. The molecule has 0 aliphatic heterocycles. The zero-order chi connectivity index (χ0) is 16.1. The van der Waals surface area contributed by atoms with Crippen molar-refractivity contribution in [3.63, 3.8) is 0 Å². The van der Waals surface area contributed by atoms with Crippen molar-refractivity contribution in [1.29, 1.82) is 0 Å². The number of ether oxygens (including phenoxy) is 3. The Labute approximate surface area is 126 Å². The maximum absolute atomic E-state index is 12.1. The lowest BCUT2D eigenvalue weighted by molar-refractivity contribution is -0.139. The average molecular weight is 308 g/mol. The number of rotatable bonds is 7. The van der Waals surface area contributed by atoms with Gasteiger partial charge in [-0.05, 0) is 25.1 Å². The summed E-state index contributed by atoms with van der Waals surface area (Å²) in [6, 6.07) is 4.75. The molecule has 0 saturated heterocycles. The smallest absolute Gasteiger partial charge is 0.342 e. The van der Waals surface area contributed by atoms with Gasteiger partial charge in [0.1, 0.15) is 29.3 Å². The molecule has 7 heteroatoms. The van der Waals surface area contributed by atoms with Crippen LogP contribution < -0.4 is 4.74 Å². The molecule has 1 aromatic heterocycles. The quantitative estimate of drug-likeness (QED) is 0.617. The zero-order valence-electron chi connectivity index (χ0n) is 12.3. The fourth-order valence-electron chi connectivity index (χ4n) is 1.98. The molecule has 1 N–H and O–H groups in total. The minimum absolute atomic E-state index is 0.136. The summed E-state index contributed by atoms with van der Waals surface area (Å²) in [5.41, 5.74) is 0.797. The van der Waals surface area contributed by atoms with E-state index in [1.54, 1.807) is 25.1 Å². The Balaban J connectivity index is 2.28. The Morgan fingerprint density at radius 3 is 2.73 bits per heavy atom. The standard InChI is InChI=1S/C15H16O7/c1-9-14(15(18)20-6-5-19-2)11-7-10(21-8-13(16)17)3-4-12(11)22-9/h3-4,7H,5-6,8H2,1-2H3,(H,16,17). The van der Waals surface area contributed by atoms with Gasteiger partial charge in [-0.3, -0.25) is 0 Å². The third kappa shape index (κ3) is 3.56. The largest absolute Gasteiger partial charge is 0.482 e. The van der Waals surface area contributed by atoms with E-state index in [0.29, 0.717) is 34.6 Å². The monoisotopic (exact) mass is 308 g/mol. The van der Waals surface area contributed by atoms with E-state index in [0.717, 1.165) is 0 Å². The molecule has 7 nitrogen and oxygen atoms in total. The molecule has 0 spiro atoms. The lowest BCUT2D eigenvalue weighted by Gasteiger charge is -2.05. The number of fused-ring (bicyclic) bond motifs is 1. The normalized spacial score (nSPS) is 10.6. The molecule has 0 aliphatic rings. The zero-order valence-corrected chi connectivity index (χ0v) is 12.3. The van der Waals surface area contributed by atoms with Crippen LogP contribution in [0.5, 0.6) is 5.75 Å². The van der Waals surface area contributed by atoms with Crippen LogP contribution in [0.4, 0.5) is 0 Å². The average Bonchev–Trinajstić information content (AvgIpc) is 2.80. The molecule has 2 aromatic rings. The summed E-state index contributed by atoms with van der Waals surface area (Å²) in [7, 11) is 1.51. The van der Waals surface area contributed by atoms with E-state index >= 15 is 0 Å². The number of benzene rings is 1. The number of carboxylic acid groups (broad SMARTS) is 1. The van der Waals surface area contributed by atoms with Gasteiger partial charge < -0.3 is 23.7 Å². The fraction of sp³-hybridized carbons (Fsp3) is 0.333. The molecule has 0 radical (unpaired) electrons. The summed E-state index contributed by atoms with van der Waals surface area (Å²) >= 11 is 0. The molecule has 0 atom stereocenters. The van der Waals surface area contributed by atoms with Crippen LogP contribution in [0.3, 0.4) is 0 Å². The van der Waals surface area contributed by atoms with Crippen molar-refractivity contribution < 1.29 is 33.3 Å². The first kappa shape index (κ1) is 15.8. The van der Waals surface area contributed by atoms with Crippen LogP contribution in [0.1, 0.15) is 16.1 Å². The van der Waals surface area contributed by atoms with Gasteiger partial charge >= 0.3 is 11.9 Å². The molecule has 1 heterocycles. The molecular formula is C15H16O7. The first-order valence-corrected chi connectivity index (χ1v) is 6.56. The molecule has 1 aromatic carbocycles. The van der Waals surface area contributed by atoms with E-state index in [9.17, 15) is 9.59 Å². The number of hydrogen-bond donors (Lipinski definition) is 1. The van der Waals surface area contributed by atoms with Gasteiger partial charge in [-0.25, -0.2) is 9.59 Å². The van der Waals surface area contributed by atoms with Gasteiger partial charge in [0, 0.05) is 12.5 Å². The highest BCUT2D eigenvalue weighted by Gasteiger charge is 2.20. The topological polar surface area (TPSA) is 95.2 Å². The van der Waals surface area contributed by atoms with Gasteiger partial charge in [0.25, 0.3) is 0 Å². The van der Waals surface area contributed by atoms with Crippen molar-refractivity contribution >= 4 is 22.9 Å². The molecule has 22 heavy (non-hydrogen) atoms. The number of hydrogen-bond acceptors (Lipinski definition) is 6. The highest BCUT2D eigenvalue weighted by atomic mass is 16.6. The molecule has 2 rings (SSSR count). The van der Waals surface area contributed by atoms with E-state index in [1.807, 2.05) is 0 Å². The summed E-state index contributed by atoms with van der Waals surface area (Å²) < 4.78 is 20.5. The minimum Gasteiger partial charge on any atom is -0.482 e. The predicted molar refractivity (Wildman–Crippen MR) is 76.2 cm³/mol. The van der Waals surface area contributed by atoms with Crippen LogP contribution in [0, 0.1) is 6.92 Å². The first-order chi connectivity index (χ1) is 10.5. The van der Waals surface area contributed by atoms with Gasteiger partial charge in [-0.2, -0.15) is 0 Å². The van der Waals surface area contributed by atoms with Crippen molar-refractivity contribution in [3.8, 4) is 5.75 Å². The van der Waals surface area contributed by atoms with Crippen molar-refractivity contribution in [3.05, 3.63) is 29.5 Å². The van der Waals surface area contributed by atoms with E-state index in [-0.39, 0.29) is 6.61 Å². The highest BCUT2D eigenvalue weighted by molar-refractivity contribution is 6.04. The van der Waals surface area contributed by atoms with E-state index in [2.05, 4.69) is 0 Å². The third-order valence-electron chi connectivity index (χ3n) is 2.92. The van der Waals surface area contributed by atoms with Crippen molar-refractivity contribution in [2.24, 2.45) is 0 Å². The van der Waals surface area contributed by atoms with Crippen molar-refractivity contribution in [1.82, 2.24) is 0 Å². The van der Waals surface area contributed by atoms with Gasteiger partial charge in [0.2, 0.25) is 0 Å². The summed E-state index contributed by atoms with van der Waals surface area (Å²) in [5, 5.41) is 9.14. The number of esters is 1. The number of carbonyl (C=O) groups is 2. The summed E-state index contributed by atoms with van der Waals surface area (Å²) in [6.07, 6.45) is 0. The van der Waals surface area contributed by atoms with Crippen LogP contribution in [0.25, 0.3) is 11.0 Å². The van der Waals surface area contributed by atoms with Crippen LogP contribution in [-0.4, -0.2) is 44.0 Å². The van der Waals surface area contributed by atoms with Crippen LogP contribution in [0.2, 0.25) is 0 Å². The number of carbonyl (C=O) groups excluding carboxylic acids is 1. The molecule has 0 amide bonds. The molecule has 0 aliphatic carbocycles. The van der Waals surface area contributed by atoms with E-state index in [1.165, 1.54) is 7.11 Å². The molecule has 0 fully saturated rings. The first-order valence-electron chi connectivity index (χ1n) is 6.56. The molecule has 0 bridgehead atoms. The van der Waals surface area contributed by atoms with Crippen LogP contribution in [0.15, 0.2) is 22.6 Å². The minimum atomic E-state index is -1.08. The molecular weight excluding hydrogens is 292 g/mol. The van der Waals surface area contributed by atoms with Crippen molar-refractivity contribution in [2.45, 2.75) is 6.92 Å². The third-order valence-corrected chi connectivity index (χ3v) is 2.92. The highest BCUT2D eigenvalue weighted by Crippen LogP contribution is 2.29. The summed E-state index contributed by atoms with van der Waals surface area (Å²) in [5.74, 6) is -0.846. The Hall–Kier alpha value is -2.54. The Bertz CT molecular complexity index is 687. The van der Waals surface area contributed by atoms with E-state index in [4.69, 9.17) is 23.7 Å². The SMILES string of the molecule is COCCOC(=O)c1c(C)oc2ccc(OCC(=O)O)cc12. The summed E-state index contributed by atoms with van der Waals surface area (Å²) in [4.78, 5) is 22.7. The van der Waals surface area contributed by atoms with E-state index < -0.39 is 18.5 Å². The number of aliphatic carboxylic acids is 1. The molecule has 118 valence electrons.